The average Bonchev–Trinajstić information content (AvgIpc) is 2.59. The number of rotatable bonds is 1. The van der Waals surface area contributed by atoms with Crippen LogP contribution in [0.5, 0.6) is 0 Å². The third-order valence-electron chi connectivity index (χ3n) is 2.50. The van der Waals surface area contributed by atoms with Crippen molar-refractivity contribution in [3.05, 3.63) is 29.2 Å². The second kappa shape index (κ2) is 2.94. The molecule has 14 heavy (non-hydrogen) atoms. The SMILES string of the molecule is CC(=O)c1cc(C)c(C)c2ncoc12. The van der Waals surface area contributed by atoms with E-state index in [4.69, 9.17) is 4.42 Å². The third-order valence-corrected chi connectivity index (χ3v) is 2.50. The molecule has 1 aromatic heterocycles. The van der Waals surface area contributed by atoms with Crippen molar-refractivity contribution >= 4 is 16.9 Å². The normalized spacial score (nSPS) is 10.8. The fourth-order valence-electron chi connectivity index (χ4n) is 1.54. The Morgan fingerprint density at radius 2 is 2.14 bits per heavy atom. The van der Waals surface area contributed by atoms with Gasteiger partial charge >= 0.3 is 0 Å². The molecule has 1 heterocycles. The lowest BCUT2D eigenvalue weighted by molar-refractivity contribution is 0.101. The van der Waals surface area contributed by atoms with Gasteiger partial charge in [0.25, 0.3) is 0 Å². The van der Waals surface area contributed by atoms with Crippen molar-refractivity contribution in [2.45, 2.75) is 20.8 Å². The predicted octanol–water partition coefficient (Wildman–Crippen LogP) is 2.65. The van der Waals surface area contributed by atoms with Crippen LogP contribution in [0.2, 0.25) is 0 Å². The summed E-state index contributed by atoms with van der Waals surface area (Å²) in [5.74, 6) is 0.00912. The molecule has 0 spiro atoms. The minimum absolute atomic E-state index is 0.00912. The topological polar surface area (TPSA) is 43.1 Å². The largest absolute Gasteiger partial charge is 0.443 e. The Kier molecular flexibility index (Phi) is 1.88. The van der Waals surface area contributed by atoms with E-state index in [0.29, 0.717) is 11.1 Å². The van der Waals surface area contributed by atoms with Gasteiger partial charge in [-0.05, 0) is 38.0 Å². The minimum Gasteiger partial charge on any atom is -0.443 e. The molecule has 72 valence electrons. The Labute approximate surface area is 81.7 Å². The van der Waals surface area contributed by atoms with E-state index in [2.05, 4.69) is 4.98 Å². The number of hydrogen-bond acceptors (Lipinski definition) is 3. The van der Waals surface area contributed by atoms with Gasteiger partial charge in [-0.15, -0.1) is 0 Å². The first kappa shape index (κ1) is 8.94. The summed E-state index contributed by atoms with van der Waals surface area (Å²) in [4.78, 5) is 15.4. The maximum absolute atomic E-state index is 11.3. The van der Waals surface area contributed by atoms with Crippen LogP contribution in [0.4, 0.5) is 0 Å². The number of benzene rings is 1. The number of Topliss-reactive ketones (excluding diaryl/α,β-unsaturated/α-hetero) is 1. The van der Waals surface area contributed by atoms with Gasteiger partial charge in [0.15, 0.2) is 17.8 Å². The second-order valence-corrected chi connectivity index (χ2v) is 3.45. The highest BCUT2D eigenvalue weighted by Crippen LogP contribution is 2.24. The van der Waals surface area contributed by atoms with Crippen molar-refractivity contribution in [1.82, 2.24) is 4.98 Å². The molecule has 1 aromatic carbocycles. The fraction of sp³-hybridized carbons (Fsp3) is 0.273. The molecular weight excluding hydrogens is 178 g/mol. The van der Waals surface area contributed by atoms with Crippen molar-refractivity contribution in [2.75, 3.05) is 0 Å². The summed E-state index contributed by atoms with van der Waals surface area (Å²) in [5.41, 5.74) is 4.13. The van der Waals surface area contributed by atoms with Crippen LogP contribution >= 0.6 is 0 Å². The second-order valence-electron chi connectivity index (χ2n) is 3.45. The van der Waals surface area contributed by atoms with Crippen LogP contribution < -0.4 is 0 Å². The molecule has 0 bridgehead atoms. The molecule has 0 fully saturated rings. The number of hydrogen-bond donors (Lipinski definition) is 0. The van der Waals surface area contributed by atoms with E-state index in [1.54, 1.807) is 0 Å². The Balaban J connectivity index is 2.91. The summed E-state index contributed by atoms with van der Waals surface area (Å²) >= 11 is 0. The number of aromatic nitrogens is 1. The Morgan fingerprint density at radius 1 is 1.43 bits per heavy atom. The monoisotopic (exact) mass is 189 g/mol. The first-order valence-electron chi connectivity index (χ1n) is 4.45. The van der Waals surface area contributed by atoms with E-state index in [1.165, 1.54) is 13.3 Å². The lowest BCUT2D eigenvalue weighted by Gasteiger charge is -2.03. The number of carbonyl (C=O) groups excluding carboxylic acids is 1. The number of aryl methyl sites for hydroxylation is 2. The van der Waals surface area contributed by atoms with Crippen molar-refractivity contribution in [3.8, 4) is 0 Å². The van der Waals surface area contributed by atoms with Gasteiger partial charge < -0.3 is 4.42 Å². The Morgan fingerprint density at radius 3 is 2.79 bits per heavy atom. The molecular formula is C11H11NO2. The molecule has 0 aliphatic heterocycles. The number of oxazole rings is 1. The molecule has 0 aliphatic rings. The van der Waals surface area contributed by atoms with Crippen LogP contribution in [0.15, 0.2) is 16.9 Å². The number of ketones is 1. The lowest BCUT2D eigenvalue weighted by atomic mass is 10.0. The van der Waals surface area contributed by atoms with Gasteiger partial charge in [0.05, 0.1) is 5.56 Å². The van der Waals surface area contributed by atoms with Gasteiger partial charge in [-0.25, -0.2) is 4.98 Å². The molecule has 3 nitrogen and oxygen atoms in total. The van der Waals surface area contributed by atoms with Gasteiger partial charge in [0, 0.05) is 0 Å². The van der Waals surface area contributed by atoms with E-state index in [0.717, 1.165) is 16.6 Å². The van der Waals surface area contributed by atoms with Crippen LogP contribution in [0, 0.1) is 13.8 Å². The molecule has 0 unspecified atom stereocenters. The zero-order valence-electron chi connectivity index (χ0n) is 8.42. The van der Waals surface area contributed by atoms with E-state index in [1.807, 2.05) is 19.9 Å². The van der Waals surface area contributed by atoms with Gasteiger partial charge in [0.1, 0.15) is 5.52 Å². The molecule has 0 amide bonds. The summed E-state index contributed by atoms with van der Waals surface area (Å²) in [5, 5.41) is 0. The summed E-state index contributed by atoms with van der Waals surface area (Å²) in [6.45, 7) is 5.48. The van der Waals surface area contributed by atoms with Crippen molar-refractivity contribution in [1.29, 1.82) is 0 Å². The highest BCUT2D eigenvalue weighted by Gasteiger charge is 2.13. The van der Waals surface area contributed by atoms with E-state index in [9.17, 15) is 4.79 Å². The van der Waals surface area contributed by atoms with Gasteiger partial charge in [-0.3, -0.25) is 4.79 Å². The molecule has 2 rings (SSSR count). The maximum atomic E-state index is 11.3. The Bertz CT molecular complexity index is 511. The molecule has 2 aromatic rings. The van der Waals surface area contributed by atoms with Crippen molar-refractivity contribution in [2.24, 2.45) is 0 Å². The van der Waals surface area contributed by atoms with Crippen LogP contribution in [0.3, 0.4) is 0 Å². The average molecular weight is 189 g/mol. The molecule has 3 heteroatoms. The lowest BCUT2D eigenvalue weighted by Crippen LogP contribution is -1.96. The molecule has 0 aliphatic carbocycles. The van der Waals surface area contributed by atoms with Crippen LogP contribution in [-0.2, 0) is 0 Å². The number of fused-ring (bicyclic) bond motifs is 1. The van der Waals surface area contributed by atoms with E-state index < -0.39 is 0 Å². The van der Waals surface area contributed by atoms with Crippen molar-refractivity contribution in [3.63, 3.8) is 0 Å². The van der Waals surface area contributed by atoms with Crippen LogP contribution in [-0.4, -0.2) is 10.8 Å². The molecule has 0 saturated carbocycles. The summed E-state index contributed by atoms with van der Waals surface area (Å²) in [6, 6.07) is 1.85. The molecule has 0 N–H and O–H groups in total. The standard InChI is InChI=1S/C11H11NO2/c1-6-4-9(8(3)13)11-10(7(6)2)12-5-14-11/h4-5H,1-3H3. The molecule has 0 radical (unpaired) electrons. The van der Waals surface area contributed by atoms with Gasteiger partial charge in [-0.1, -0.05) is 0 Å². The van der Waals surface area contributed by atoms with Crippen LogP contribution in [0.1, 0.15) is 28.4 Å². The fourth-order valence-corrected chi connectivity index (χ4v) is 1.54. The van der Waals surface area contributed by atoms with E-state index in [-0.39, 0.29) is 5.78 Å². The number of nitrogens with zero attached hydrogens (tertiary/aromatic N) is 1. The first-order valence-corrected chi connectivity index (χ1v) is 4.45. The summed E-state index contributed by atoms with van der Waals surface area (Å²) in [7, 11) is 0. The van der Waals surface area contributed by atoms with Crippen LogP contribution in [0.25, 0.3) is 11.1 Å². The van der Waals surface area contributed by atoms with Gasteiger partial charge in [0.2, 0.25) is 0 Å². The molecule has 0 saturated heterocycles. The van der Waals surface area contributed by atoms with Crippen molar-refractivity contribution < 1.29 is 9.21 Å². The highest BCUT2D eigenvalue weighted by atomic mass is 16.3. The van der Waals surface area contributed by atoms with E-state index >= 15 is 0 Å². The molecule has 0 atom stereocenters. The zero-order valence-corrected chi connectivity index (χ0v) is 8.42. The van der Waals surface area contributed by atoms with Gasteiger partial charge in [-0.2, -0.15) is 0 Å². The maximum Gasteiger partial charge on any atom is 0.182 e. The summed E-state index contributed by atoms with van der Waals surface area (Å²) < 4.78 is 5.21. The smallest absolute Gasteiger partial charge is 0.182 e. The first-order chi connectivity index (χ1) is 6.61. The zero-order chi connectivity index (χ0) is 10.3. The number of carbonyl (C=O) groups is 1. The Hall–Kier alpha value is -1.64. The highest BCUT2D eigenvalue weighted by molar-refractivity contribution is 6.05. The quantitative estimate of drug-likeness (QED) is 0.647. The summed E-state index contributed by atoms with van der Waals surface area (Å²) in [6.07, 6.45) is 1.38. The minimum atomic E-state index is 0.00912. The third kappa shape index (κ3) is 1.13. The predicted molar refractivity (Wildman–Crippen MR) is 53.5 cm³/mol.